The van der Waals surface area contributed by atoms with Crippen LogP contribution < -0.4 is 11.0 Å². The molecule has 0 radical (unpaired) electrons. The standard InChI is InChI=1S/C20H15ClN4O5S/c1-11-8-17(26)23(15-7-6-12(21)9-14(11)15)20(28)22-24-18(27)10-31-19(24)13-4-2-3-5-16(13)25(29)30/h2-9,19H,10H2,1H3,(H,22,28). The van der Waals surface area contributed by atoms with E-state index in [4.69, 9.17) is 11.6 Å². The molecular weight excluding hydrogens is 444 g/mol. The SMILES string of the molecule is Cc1cc(=O)n(C(=O)NN2C(=O)CSC2c2ccccc2[N+](=O)[O-])c2ccc(Cl)cc12. The van der Waals surface area contributed by atoms with Crippen molar-refractivity contribution in [3.05, 3.63) is 85.1 Å². The van der Waals surface area contributed by atoms with E-state index in [9.17, 15) is 24.5 Å². The number of hydrogen-bond donors (Lipinski definition) is 1. The molecule has 1 atom stereocenters. The van der Waals surface area contributed by atoms with Crippen molar-refractivity contribution >= 4 is 51.9 Å². The number of halogens is 1. The molecule has 0 bridgehead atoms. The second kappa shape index (κ2) is 8.05. The number of benzene rings is 2. The number of carbonyl (C=O) groups excluding carboxylic acids is 2. The molecule has 0 aliphatic carbocycles. The lowest BCUT2D eigenvalue weighted by Crippen LogP contribution is -2.48. The van der Waals surface area contributed by atoms with Crippen molar-refractivity contribution in [2.45, 2.75) is 12.3 Å². The Morgan fingerprint density at radius 3 is 2.71 bits per heavy atom. The van der Waals surface area contributed by atoms with Gasteiger partial charge in [-0.15, -0.1) is 11.8 Å². The van der Waals surface area contributed by atoms with Crippen LogP contribution in [0.2, 0.25) is 5.02 Å². The summed E-state index contributed by atoms with van der Waals surface area (Å²) in [7, 11) is 0. The predicted octanol–water partition coefficient (Wildman–Crippen LogP) is 3.62. The van der Waals surface area contributed by atoms with Gasteiger partial charge in [0.15, 0.2) is 0 Å². The van der Waals surface area contributed by atoms with Crippen molar-refractivity contribution in [3.8, 4) is 0 Å². The number of nitro groups is 1. The molecule has 1 aliphatic heterocycles. The highest BCUT2D eigenvalue weighted by molar-refractivity contribution is 8.00. The van der Waals surface area contributed by atoms with E-state index in [0.717, 1.165) is 21.3 Å². The molecule has 1 N–H and O–H groups in total. The minimum Gasteiger partial charge on any atom is -0.272 e. The number of nitrogens with one attached hydrogen (secondary N) is 1. The fraction of sp³-hybridized carbons (Fsp3) is 0.150. The predicted molar refractivity (Wildman–Crippen MR) is 117 cm³/mol. The third-order valence-electron chi connectivity index (χ3n) is 4.87. The zero-order valence-electron chi connectivity index (χ0n) is 16.1. The summed E-state index contributed by atoms with van der Waals surface area (Å²) in [6, 6.07) is 11.2. The van der Waals surface area contributed by atoms with Gasteiger partial charge in [-0.3, -0.25) is 19.7 Å². The first-order valence-corrected chi connectivity index (χ1v) is 10.5. The highest BCUT2D eigenvalue weighted by atomic mass is 35.5. The summed E-state index contributed by atoms with van der Waals surface area (Å²) in [5, 5.41) is 12.7. The Morgan fingerprint density at radius 1 is 1.23 bits per heavy atom. The van der Waals surface area contributed by atoms with Crippen molar-refractivity contribution in [3.63, 3.8) is 0 Å². The van der Waals surface area contributed by atoms with E-state index in [1.165, 1.54) is 24.3 Å². The second-order valence-corrected chi connectivity index (χ2v) is 8.33. The molecule has 1 aromatic heterocycles. The summed E-state index contributed by atoms with van der Waals surface area (Å²) >= 11 is 7.19. The molecule has 1 saturated heterocycles. The maximum absolute atomic E-state index is 13.1. The molecule has 0 spiro atoms. The highest BCUT2D eigenvalue weighted by Crippen LogP contribution is 2.41. The van der Waals surface area contributed by atoms with E-state index < -0.39 is 27.8 Å². The fourth-order valence-electron chi connectivity index (χ4n) is 3.47. The van der Waals surface area contributed by atoms with Gasteiger partial charge in [-0.2, -0.15) is 0 Å². The molecule has 158 valence electrons. The first-order chi connectivity index (χ1) is 14.8. The molecule has 1 unspecified atom stereocenters. The number of amides is 2. The molecule has 2 heterocycles. The molecule has 31 heavy (non-hydrogen) atoms. The highest BCUT2D eigenvalue weighted by Gasteiger charge is 2.38. The van der Waals surface area contributed by atoms with Crippen LogP contribution in [0.25, 0.3) is 10.9 Å². The normalized spacial score (nSPS) is 16.0. The van der Waals surface area contributed by atoms with E-state index in [1.54, 1.807) is 31.2 Å². The van der Waals surface area contributed by atoms with Gasteiger partial charge in [0.25, 0.3) is 17.2 Å². The van der Waals surface area contributed by atoms with E-state index >= 15 is 0 Å². The van der Waals surface area contributed by atoms with E-state index in [1.807, 2.05) is 0 Å². The van der Waals surface area contributed by atoms with E-state index in [2.05, 4.69) is 5.43 Å². The summed E-state index contributed by atoms with van der Waals surface area (Å²) < 4.78 is 0.908. The van der Waals surface area contributed by atoms with Crippen molar-refractivity contribution < 1.29 is 14.5 Å². The smallest absolute Gasteiger partial charge is 0.272 e. The number of para-hydroxylation sites is 1. The zero-order chi connectivity index (χ0) is 22.3. The maximum atomic E-state index is 13.1. The van der Waals surface area contributed by atoms with E-state index in [0.29, 0.717) is 21.5 Å². The first-order valence-electron chi connectivity index (χ1n) is 9.08. The number of rotatable bonds is 3. The Labute approximate surface area is 184 Å². The number of nitro benzene ring substituents is 1. The number of pyridine rings is 1. The Balaban J connectivity index is 1.74. The van der Waals surface area contributed by atoms with Crippen LogP contribution in [0.1, 0.15) is 16.5 Å². The maximum Gasteiger partial charge on any atom is 0.347 e. The number of nitrogens with zero attached hydrogens (tertiary/aromatic N) is 3. The van der Waals surface area contributed by atoms with Crippen molar-refractivity contribution in [1.29, 1.82) is 0 Å². The summed E-state index contributed by atoms with van der Waals surface area (Å²) in [6.07, 6.45) is 0. The van der Waals surface area contributed by atoms with Crippen LogP contribution in [0.15, 0.2) is 53.3 Å². The van der Waals surface area contributed by atoms with Gasteiger partial charge in [0.1, 0.15) is 5.37 Å². The van der Waals surface area contributed by atoms with Gasteiger partial charge in [0, 0.05) is 22.5 Å². The van der Waals surface area contributed by atoms with Gasteiger partial charge in [-0.05, 0) is 36.8 Å². The summed E-state index contributed by atoms with van der Waals surface area (Å²) in [5.41, 5.74) is 2.97. The molecule has 0 saturated carbocycles. The minimum atomic E-state index is -0.850. The van der Waals surface area contributed by atoms with Gasteiger partial charge in [0.05, 0.1) is 21.8 Å². The lowest BCUT2D eigenvalue weighted by molar-refractivity contribution is -0.385. The largest absolute Gasteiger partial charge is 0.347 e. The molecule has 11 heteroatoms. The summed E-state index contributed by atoms with van der Waals surface area (Å²) in [4.78, 5) is 49.0. The van der Waals surface area contributed by atoms with Crippen LogP contribution in [0.4, 0.5) is 10.5 Å². The number of aryl methyl sites for hydroxylation is 1. The minimum absolute atomic E-state index is 0.0240. The van der Waals surface area contributed by atoms with Crippen LogP contribution in [0.5, 0.6) is 0 Å². The van der Waals surface area contributed by atoms with Gasteiger partial charge in [-0.1, -0.05) is 23.7 Å². The summed E-state index contributed by atoms with van der Waals surface area (Å²) in [5.74, 6) is -0.412. The Bertz CT molecular complexity index is 1310. The monoisotopic (exact) mass is 458 g/mol. The average Bonchev–Trinajstić information content (AvgIpc) is 3.08. The number of hydrazine groups is 1. The lowest BCUT2D eigenvalue weighted by Gasteiger charge is -2.25. The zero-order valence-corrected chi connectivity index (χ0v) is 17.6. The Hall–Kier alpha value is -3.37. The number of fused-ring (bicyclic) bond motifs is 1. The van der Waals surface area contributed by atoms with Crippen LogP contribution in [-0.2, 0) is 4.79 Å². The molecule has 9 nitrogen and oxygen atoms in total. The summed E-state index contributed by atoms with van der Waals surface area (Å²) in [6.45, 7) is 1.73. The molecule has 2 aromatic carbocycles. The number of aromatic nitrogens is 1. The third kappa shape index (κ3) is 3.75. The van der Waals surface area contributed by atoms with Gasteiger partial charge >= 0.3 is 6.03 Å². The quantitative estimate of drug-likeness (QED) is 0.473. The van der Waals surface area contributed by atoms with Crippen LogP contribution >= 0.6 is 23.4 Å². The molecule has 1 fully saturated rings. The van der Waals surface area contributed by atoms with Crippen molar-refractivity contribution in [2.24, 2.45) is 0 Å². The molecule has 1 aliphatic rings. The Morgan fingerprint density at radius 2 is 1.97 bits per heavy atom. The van der Waals surface area contributed by atoms with Gasteiger partial charge in [-0.25, -0.2) is 19.8 Å². The molecule has 4 rings (SSSR count). The van der Waals surface area contributed by atoms with E-state index in [-0.39, 0.29) is 17.0 Å². The number of carbonyl (C=O) groups is 2. The molecule has 3 aromatic rings. The van der Waals surface area contributed by atoms with Crippen LogP contribution in [-0.4, -0.2) is 32.2 Å². The number of thioether (sulfide) groups is 1. The first kappa shape index (κ1) is 20.9. The van der Waals surface area contributed by atoms with Gasteiger partial charge in [0.2, 0.25) is 0 Å². The average molecular weight is 459 g/mol. The fourth-order valence-corrected chi connectivity index (χ4v) is 4.78. The lowest BCUT2D eigenvalue weighted by atomic mass is 10.1. The topological polar surface area (TPSA) is 115 Å². The van der Waals surface area contributed by atoms with Crippen molar-refractivity contribution in [1.82, 2.24) is 15.0 Å². The van der Waals surface area contributed by atoms with Crippen molar-refractivity contribution in [2.75, 3.05) is 5.75 Å². The van der Waals surface area contributed by atoms with Crippen LogP contribution in [0.3, 0.4) is 0 Å². The molecular formula is C20H15ClN4O5S. The number of hydrogen-bond acceptors (Lipinski definition) is 6. The molecule has 2 amide bonds. The third-order valence-corrected chi connectivity index (χ3v) is 6.30. The van der Waals surface area contributed by atoms with Crippen LogP contribution in [0, 0.1) is 17.0 Å². The second-order valence-electron chi connectivity index (χ2n) is 6.82. The Kier molecular flexibility index (Phi) is 5.42. The van der Waals surface area contributed by atoms with Gasteiger partial charge < -0.3 is 0 Å².